The predicted molar refractivity (Wildman–Crippen MR) is 54.1 cm³/mol. The van der Waals surface area contributed by atoms with E-state index in [1.54, 1.807) is 24.4 Å². The topological polar surface area (TPSA) is 12.9 Å². The molecule has 0 N–H and O–H groups in total. The van der Waals surface area contributed by atoms with Crippen LogP contribution in [0, 0.1) is 12.7 Å². The maximum Gasteiger partial charge on any atom is 0.146 e. The highest BCUT2D eigenvalue weighted by Gasteiger charge is 2.05. The molecule has 2 aromatic rings. The lowest BCUT2D eigenvalue weighted by Crippen LogP contribution is -1.86. The Labute approximate surface area is 83.7 Å². The van der Waals surface area contributed by atoms with Gasteiger partial charge in [-0.2, -0.15) is 0 Å². The Morgan fingerprint density at radius 2 is 2.15 bits per heavy atom. The fraction of sp³-hybridized carbons (Fsp3) is 0.100. The van der Waals surface area contributed by atoms with Gasteiger partial charge in [-0.05, 0) is 46.6 Å². The number of fused-ring (bicyclic) bond motifs is 1. The SMILES string of the molecule is Cc1cnc2ccc(Br)c(F)c2c1. The van der Waals surface area contributed by atoms with Gasteiger partial charge in [0.1, 0.15) is 5.82 Å². The number of hydrogen-bond acceptors (Lipinski definition) is 1. The molecular weight excluding hydrogens is 233 g/mol. The number of aryl methyl sites for hydroxylation is 1. The molecule has 1 heterocycles. The minimum absolute atomic E-state index is 0.242. The number of rotatable bonds is 0. The molecule has 0 saturated carbocycles. The van der Waals surface area contributed by atoms with Crippen LogP contribution < -0.4 is 0 Å². The summed E-state index contributed by atoms with van der Waals surface area (Å²) in [6.45, 7) is 1.90. The maximum atomic E-state index is 13.5. The molecule has 13 heavy (non-hydrogen) atoms. The van der Waals surface area contributed by atoms with E-state index in [1.807, 2.05) is 6.92 Å². The van der Waals surface area contributed by atoms with Gasteiger partial charge in [0.05, 0.1) is 9.99 Å². The van der Waals surface area contributed by atoms with Crippen molar-refractivity contribution in [3.8, 4) is 0 Å². The van der Waals surface area contributed by atoms with Crippen LogP contribution in [0.2, 0.25) is 0 Å². The highest BCUT2D eigenvalue weighted by atomic mass is 79.9. The van der Waals surface area contributed by atoms with Crippen LogP contribution in [-0.2, 0) is 0 Å². The summed E-state index contributed by atoms with van der Waals surface area (Å²) < 4.78 is 14.0. The third-order valence-electron chi connectivity index (χ3n) is 1.89. The van der Waals surface area contributed by atoms with Gasteiger partial charge in [-0.1, -0.05) is 0 Å². The van der Waals surface area contributed by atoms with Crippen molar-refractivity contribution in [2.75, 3.05) is 0 Å². The Morgan fingerprint density at radius 1 is 1.38 bits per heavy atom. The summed E-state index contributed by atoms with van der Waals surface area (Å²) in [5.74, 6) is -0.242. The van der Waals surface area contributed by atoms with Crippen molar-refractivity contribution in [3.63, 3.8) is 0 Å². The molecule has 0 aliphatic heterocycles. The van der Waals surface area contributed by atoms with Crippen LogP contribution >= 0.6 is 15.9 Å². The fourth-order valence-corrected chi connectivity index (χ4v) is 1.59. The van der Waals surface area contributed by atoms with E-state index >= 15 is 0 Å². The highest BCUT2D eigenvalue weighted by molar-refractivity contribution is 9.10. The zero-order valence-electron chi connectivity index (χ0n) is 7.01. The van der Waals surface area contributed by atoms with Crippen LogP contribution in [0.4, 0.5) is 4.39 Å². The molecule has 1 aromatic heterocycles. The van der Waals surface area contributed by atoms with Crippen LogP contribution in [0.3, 0.4) is 0 Å². The van der Waals surface area contributed by atoms with Gasteiger partial charge in [-0.3, -0.25) is 4.98 Å². The Balaban J connectivity index is 2.89. The average molecular weight is 240 g/mol. The molecule has 1 aromatic carbocycles. The first kappa shape index (κ1) is 8.63. The number of hydrogen-bond donors (Lipinski definition) is 0. The minimum Gasteiger partial charge on any atom is -0.256 e. The molecule has 0 fully saturated rings. The number of pyridine rings is 1. The second kappa shape index (κ2) is 3.07. The molecule has 1 nitrogen and oxygen atoms in total. The van der Waals surface area contributed by atoms with Crippen molar-refractivity contribution in [1.82, 2.24) is 4.98 Å². The van der Waals surface area contributed by atoms with E-state index in [0.29, 0.717) is 15.4 Å². The zero-order valence-corrected chi connectivity index (χ0v) is 8.60. The first-order valence-corrected chi connectivity index (χ1v) is 4.68. The molecule has 2 rings (SSSR count). The van der Waals surface area contributed by atoms with Crippen molar-refractivity contribution in [2.24, 2.45) is 0 Å². The molecule has 0 spiro atoms. The smallest absolute Gasteiger partial charge is 0.146 e. The third kappa shape index (κ3) is 1.44. The number of benzene rings is 1. The molecular formula is C10H7BrFN. The van der Waals surface area contributed by atoms with Crippen molar-refractivity contribution in [3.05, 3.63) is 40.2 Å². The Kier molecular flexibility index (Phi) is 2.04. The molecule has 0 radical (unpaired) electrons. The van der Waals surface area contributed by atoms with Crippen LogP contribution in [0.25, 0.3) is 10.9 Å². The van der Waals surface area contributed by atoms with Crippen molar-refractivity contribution in [1.29, 1.82) is 0 Å². The van der Waals surface area contributed by atoms with Gasteiger partial charge < -0.3 is 0 Å². The molecule has 0 unspecified atom stereocenters. The normalized spacial score (nSPS) is 10.7. The van der Waals surface area contributed by atoms with Crippen LogP contribution in [0.15, 0.2) is 28.9 Å². The van der Waals surface area contributed by atoms with E-state index in [9.17, 15) is 4.39 Å². The van der Waals surface area contributed by atoms with E-state index in [0.717, 1.165) is 5.56 Å². The monoisotopic (exact) mass is 239 g/mol. The second-order valence-corrected chi connectivity index (χ2v) is 3.80. The summed E-state index contributed by atoms with van der Waals surface area (Å²) in [5, 5.41) is 0.564. The van der Waals surface area contributed by atoms with Gasteiger partial charge in [0.15, 0.2) is 0 Å². The molecule has 0 atom stereocenters. The van der Waals surface area contributed by atoms with Gasteiger partial charge in [0.2, 0.25) is 0 Å². The summed E-state index contributed by atoms with van der Waals surface area (Å²) in [4.78, 5) is 4.12. The van der Waals surface area contributed by atoms with Crippen LogP contribution in [0.1, 0.15) is 5.56 Å². The quantitative estimate of drug-likeness (QED) is 0.687. The highest BCUT2D eigenvalue weighted by Crippen LogP contribution is 2.23. The average Bonchev–Trinajstić information content (AvgIpc) is 2.12. The van der Waals surface area contributed by atoms with E-state index < -0.39 is 0 Å². The van der Waals surface area contributed by atoms with Gasteiger partial charge in [-0.25, -0.2) is 4.39 Å². The van der Waals surface area contributed by atoms with Gasteiger partial charge in [0.25, 0.3) is 0 Å². The predicted octanol–water partition coefficient (Wildman–Crippen LogP) is 3.44. The van der Waals surface area contributed by atoms with E-state index in [-0.39, 0.29) is 5.82 Å². The lowest BCUT2D eigenvalue weighted by atomic mass is 10.2. The third-order valence-corrected chi connectivity index (χ3v) is 2.50. The molecule has 3 heteroatoms. The second-order valence-electron chi connectivity index (χ2n) is 2.94. The molecule has 0 amide bonds. The lowest BCUT2D eigenvalue weighted by Gasteiger charge is -2.01. The first-order chi connectivity index (χ1) is 6.18. The summed E-state index contributed by atoms with van der Waals surface area (Å²) in [6, 6.07) is 5.25. The first-order valence-electron chi connectivity index (χ1n) is 3.89. The van der Waals surface area contributed by atoms with Crippen molar-refractivity contribution < 1.29 is 4.39 Å². The lowest BCUT2D eigenvalue weighted by molar-refractivity contribution is 0.633. The number of aromatic nitrogens is 1. The van der Waals surface area contributed by atoms with E-state index in [2.05, 4.69) is 20.9 Å². The largest absolute Gasteiger partial charge is 0.256 e. The zero-order chi connectivity index (χ0) is 9.42. The van der Waals surface area contributed by atoms with Gasteiger partial charge in [-0.15, -0.1) is 0 Å². The molecule has 0 bridgehead atoms. The van der Waals surface area contributed by atoms with E-state index in [1.165, 1.54) is 0 Å². The van der Waals surface area contributed by atoms with Crippen molar-refractivity contribution >= 4 is 26.8 Å². The van der Waals surface area contributed by atoms with Gasteiger partial charge in [0, 0.05) is 11.6 Å². The minimum atomic E-state index is -0.242. The standard InChI is InChI=1S/C10H7BrFN/c1-6-4-7-9(13-5-6)3-2-8(11)10(7)12/h2-5H,1H3. The number of halogens is 2. The Morgan fingerprint density at radius 3 is 2.92 bits per heavy atom. The summed E-state index contributed by atoms with van der Waals surface area (Å²) in [6.07, 6.45) is 1.73. The number of nitrogens with zero attached hydrogens (tertiary/aromatic N) is 1. The summed E-state index contributed by atoms with van der Waals surface area (Å²) >= 11 is 3.14. The van der Waals surface area contributed by atoms with Crippen LogP contribution in [0.5, 0.6) is 0 Å². The summed E-state index contributed by atoms with van der Waals surface area (Å²) in [7, 11) is 0. The molecule has 0 aliphatic rings. The van der Waals surface area contributed by atoms with E-state index in [4.69, 9.17) is 0 Å². The Hall–Kier alpha value is -0.960. The van der Waals surface area contributed by atoms with Crippen LogP contribution in [-0.4, -0.2) is 4.98 Å². The molecule has 0 aliphatic carbocycles. The summed E-state index contributed by atoms with van der Waals surface area (Å²) in [5.41, 5.74) is 1.65. The van der Waals surface area contributed by atoms with Gasteiger partial charge >= 0.3 is 0 Å². The fourth-order valence-electron chi connectivity index (χ4n) is 1.24. The Bertz CT molecular complexity index is 462. The molecule has 0 saturated heterocycles. The van der Waals surface area contributed by atoms with Crippen molar-refractivity contribution in [2.45, 2.75) is 6.92 Å². The maximum absolute atomic E-state index is 13.5. The molecule has 66 valence electrons.